The Hall–Kier alpha value is -1.09. The van der Waals surface area contributed by atoms with Gasteiger partial charge < -0.3 is 5.11 Å². The van der Waals surface area contributed by atoms with Crippen LogP contribution in [-0.4, -0.2) is 10.1 Å². The zero-order chi connectivity index (χ0) is 13.2. The molecule has 18 heavy (non-hydrogen) atoms. The average Bonchev–Trinajstić information content (AvgIpc) is 2.35. The van der Waals surface area contributed by atoms with Gasteiger partial charge in [0.2, 0.25) is 0 Å². The molecule has 94 valence electrons. The van der Waals surface area contributed by atoms with Gasteiger partial charge in [0.1, 0.15) is 0 Å². The van der Waals surface area contributed by atoms with Gasteiger partial charge in [-0.2, -0.15) is 0 Å². The number of halogens is 2. The standard InChI is InChI=1S/C14H13Cl2NO/c1-14(18,10-4-3-7-17-9-10)8-11-12(15)5-2-6-13(11)16/h2-7,9,18H,8H2,1H3. The molecule has 2 nitrogen and oxygen atoms in total. The minimum absolute atomic E-state index is 0.344. The van der Waals surface area contributed by atoms with E-state index < -0.39 is 5.60 Å². The topological polar surface area (TPSA) is 33.1 Å². The highest BCUT2D eigenvalue weighted by atomic mass is 35.5. The summed E-state index contributed by atoms with van der Waals surface area (Å²) >= 11 is 12.2. The first-order valence-electron chi connectivity index (χ1n) is 5.56. The molecule has 0 saturated carbocycles. The second-order valence-electron chi connectivity index (χ2n) is 4.39. The van der Waals surface area contributed by atoms with Crippen LogP contribution in [0.25, 0.3) is 0 Å². The third-order valence-electron chi connectivity index (χ3n) is 2.87. The SMILES string of the molecule is CC(O)(Cc1c(Cl)cccc1Cl)c1cccnc1. The smallest absolute Gasteiger partial charge is 0.0924 e. The third-order valence-corrected chi connectivity index (χ3v) is 3.57. The van der Waals surface area contributed by atoms with Crippen LogP contribution in [-0.2, 0) is 12.0 Å². The molecular weight excluding hydrogens is 269 g/mol. The molecule has 4 heteroatoms. The summed E-state index contributed by atoms with van der Waals surface area (Å²) in [5.74, 6) is 0. The summed E-state index contributed by atoms with van der Waals surface area (Å²) in [7, 11) is 0. The highest BCUT2D eigenvalue weighted by Crippen LogP contribution is 2.32. The molecule has 1 aromatic carbocycles. The van der Waals surface area contributed by atoms with Crippen LogP contribution in [0.4, 0.5) is 0 Å². The molecular formula is C14H13Cl2NO. The summed E-state index contributed by atoms with van der Waals surface area (Å²) in [5.41, 5.74) is 0.429. The highest BCUT2D eigenvalue weighted by Gasteiger charge is 2.25. The van der Waals surface area contributed by atoms with Crippen LogP contribution in [0.1, 0.15) is 18.1 Å². The lowest BCUT2D eigenvalue weighted by molar-refractivity contribution is 0.0573. The summed E-state index contributed by atoms with van der Waals surface area (Å²) in [6, 6.07) is 8.94. The Morgan fingerprint density at radius 2 is 1.83 bits per heavy atom. The lowest BCUT2D eigenvalue weighted by Gasteiger charge is -2.24. The van der Waals surface area contributed by atoms with Gasteiger partial charge in [-0.05, 0) is 30.7 Å². The van der Waals surface area contributed by atoms with E-state index in [4.69, 9.17) is 23.2 Å². The Labute approximate surface area is 116 Å². The van der Waals surface area contributed by atoms with Gasteiger partial charge in [0.25, 0.3) is 0 Å². The predicted molar refractivity (Wildman–Crippen MR) is 74.0 cm³/mol. The maximum atomic E-state index is 10.5. The van der Waals surface area contributed by atoms with Crippen molar-refractivity contribution >= 4 is 23.2 Å². The molecule has 0 radical (unpaired) electrons. The highest BCUT2D eigenvalue weighted by molar-refractivity contribution is 6.36. The fourth-order valence-corrected chi connectivity index (χ4v) is 2.36. The molecule has 0 aliphatic heterocycles. The number of pyridine rings is 1. The molecule has 2 aromatic rings. The van der Waals surface area contributed by atoms with E-state index in [0.717, 1.165) is 11.1 Å². The van der Waals surface area contributed by atoms with E-state index in [-0.39, 0.29) is 0 Å². The fourth-order valence-electron chi connectivity index (χ4n) is 1.83. The van der Waals surface area contributed by atoms with Crippen molar-refractivity contribution in [3.05, 3.63) is 63.9 Å². The molecule has 0 saturated heterocycles. The molecule has 1 heterocycles. The van der Waals surface area contributed by atoms with Gasteiger partial charge in [0.15, 0.2) is 0 Å². The zero-order valence-corrected chi connectivity index (χ0v) is 11.4. The van der Waals surface area contributed by atoms with Crippen LogP contribution < -0.4 is 0 Å². The van der Waals surface area contributed by atoms with E-state index in [1.165, 1.54) is 0 Å². The van der Waals surface area contributed by atoms with Gasteiger partial charge in [0.05, 0.1) is 5.60 Å². The van der Waals surface area contributed by atoms with Gasteiger partial charge in [-0.15, -0.1) is 0 Å². The zero-order valence-electron chi connectivity index (χ0n) is 9.90. The molecule has 2 rings (SSSR count). The number of benzene rings is 1. The van der Waals surface area contributed by atoms with E-state index in [0.29, 0.717) is 16.5 Å². The summed E-state index contributed by atoms with van der Waals surface area (Å²) in [4.78, 5) is 4.01. The van der Waals surface area contributed by atoms with E-state index in [1.807, 2.05) is 6.07 Å². The van der Waals surface area contributed by atoms with Crippen LogP contribution >= 0.6 is 23.2 Å². The second kappa shape index (κ2) is 5.27. The molecule has 0 aliphatic carbocycles. The molecule has 1 N–H and O–H groups in total. The number of hydrogen-bond acceptors (Lipinski definition) is 2. The Kier molecular flexibility index (Phi) is 3.91. The van der Waals surface area contributed by atoms with Gasteiger partial charge in [0, 0.05) is 34.4 Å². The van der Waals surface area contributed by atoms with Crippen molar-refractivity contribution in [2.45, 2.75) is 18.9 Å². The Morgan fingerprint density at radius 1 is 1.17 bits per heavy atom. The van der Waals surface area contributed by atoms with E-state index >= 15 is 0 Å². The maximum absolute atomic E-state index is 10.5. The van der Waals surface area contributed by atoms with E-state index in [1.54, 1.807) is 43.6 Å². The Balaban J connectivity index is 2.34. The molecule has 0 amide bonds. The van der Waals surface area contributed by atoms with E-state index in [2.05, 4.69) is 4.98 Å². The molecule has 1 atom stereocenters. The van der Waals surface area contributed by atoms with Crippen molar-refractivity contribution < 1.29 is 5.11 Å². The number of nitrogens with zero attached hydrogens (tertiary/aromatic N) is 1. The van der Waals surface area contributed by atoms with Crippen molar-refractivity contribution in [3.63, 3.8) is 0 Å². The molecule has 0 bridgehead atoms. The second-order valence-corrected chi connectivity index (χ2v) is 5.21. The minimum Gasteiger partial charge on any atom is -0.385 e. The third kappa shape index (κ3) is 2.83. The van der Waals surface area contributed by atoms with Crippen LogP contribution in [0.3, 0.4) is 0 Å². The average molecular weight is 282 g/mol. The first kappa shape index (κ1) is 13.3. The molecule has 1 aromatic heterocycles. The molecule has 0 fully saturated rings. The van der Waals surface area contributed by atoms with Gasteiger partial charge in [-0.25, -0.2) is 0 Å². The van der Waals surface area contributed by atoms with Crippen molar-refractivity contribution in [2.75, 3.05) is 0 Å². The van der Waals surface area contributed by atoms with Crippen LogP contribution in [0.2, 0.25) is 10.0 Å². The van der Waals surface area contributed by atoms with Crippen molar-refractivity contribution in [2.24, 2.45) is 0 Å². The predicted octanol–water partition coefficient (Wildman–Crippen LogP) is 3.84. The van der Waals surface area contributed by atoms with Gasteiger partial charge in [-0.1, -0.05) is 35.3 Å². The quantitative estimate of drug-likeness (QED) is 0.927. The first-order valence-corrected chi connectivity index (χ1v) is 6.32. The largest absolute Gasteiger partial charge is 0.385 e. The number of hydrogen-bond donors (Lipinski definition) is 1. The van der Waals surface area contributed by atoms with E-state index in [9.17, 15) is 5.11 Å². The van der Waals surface area contributed by atoms with Crippen LogP contribution in [0.5, 0.6) is 0 Å². The lowest BCUT2D eigenvalue weighted by Crippen LogP contribution is -2.24. The lowest BCUT2D eigenvalue weighted by atomic mass is 9.90. The van der Waals surface area contributed by atoms with Crippen molar-refractivity contribution in [3.8, 4) is 0 Å². The fraction of sp³-hybridized carbons (Fsp3) is 0.214. The summed E-state index contributed by atoms with van der Waals surface area (Å²) in [6.07, 6.45) is 3.66. The normalized spacial score (nSPS) is 14.2. The van der Waals surface area contributed by atoms with Crippen LogP contribution in [0, 0.1) is 0 Å². The summed E-state index contributed by atoms with van der Waals surface area (Å²) in [5, 5.41) is 11.7. The summed E-state index contributed by atoms with van der Waals surface area (Å²) in [6.45, 7) is 1.73. The number of aromatic nitrogens is 1. The Bertz CT molecular complexity index is 520. The minimum atomic E-state index is -1.05. The number of aliphatic hydroxyl groups is 1. The Morgan fingerprint density at radius 3 is 2.39 bits per heavy atom. The van der Waals surface area contributed by atoms with Crippen molar-refractivity contribution in [1.29, 1.82) is 0 Å². The van der Waals surface area contributed by atoms with Gasteiger partial charge in [-0.3, -0.25) is 4.98 Å². The monoisotopic (exact) mass is 281 g/mol. The first-order chi connectivity index (χ1) is 8.50. The molecule has 0 spiro atoms. The number of rotatable bonds is 3. The van der Waals surface area contributed by atoms with Crippen LogP contribution in [0.15, 0.2) is 42.7 Å². The molecule has 0 aliphatic rings. The van der Waals surface area contributed by atoms with Crippen molar-refractivity contribution in [1.82, 2.24) is 4.98 Å². The van der Waals surface area contributed by atoms with Gasteiger partial charge >= 0.3 is 0 Å². The molecule has 1 unspecified atom stereocenters. The summed E-state index contributed by atoms with van der Waals surface area (Å²) < 4.78 is 0. The maximum Gasteiger partial charge on any atom is 0.0924 e.